The van der Waals surface area contributed by atoms with Gasteiger partial charge in [-0.15, -0.1) is 11.3 Å². The lowest BCUT2D eigenvalue weighted by atomic mass is 9.62. The van der Waals surface area contributed by atoms with Crippen LogP contribution in [-0.4, -0.2) is 28.9 Å². The summed E-state index contributed by atoms with van der Waals surface area (Å²) in [5, 5.41) is 16.3. The van der Waals surface area contributed by atoms with Crippen LogP contribution in [0.5, 0.6) is 0 Å². The van der Waals surface area contributed by atoms with Crippen LogP contribution in [0, 0.1) is 23.7 Å². The molecule has 7 heteroatoms. The molecule has 5 aliphatic rings. The molecule has 28 heavy (non-hydrogen) atoms. The van der Waals surface area contributed by atoms with Gasteiger partial charge in [0, 0.05) is 10.9 Å². The first-order valence-electron chi connectivity index (χ1n) is 10.2. The Kier molecular flexibility index (Phi) is 4.30. The first-order valence-corrected chi connectivity index (χ1v) is 11.0. The van der Waals surface area contributed by atoms with Crippen LogP contribution >= 0.6 is 11.3 Å². The molecule has 0 radical (unpaired) electrons. The summed E-state index contributed by atoms with van der Waals surface area (Å²) in [5.74, 6) is -2.63. The molecular weight excluding hydrogens is 376 g/mol. The van der Waals surface area contributed by atoms with Gasteiger partial charge >= 0.3 is 5.97 Å². The van der Waals surface area contributed by atoms with Gasteiger partial charge in [-0.1, -0.05) is 12.2 Å². The fourth-order valence-corrected chi connectivity index (χ4v) is 6.39. The molecular formula is C21H24N2O4S. The summed E-state index contributed by atoms with van der Waals surface area (Å²) >= 11 is 1.49. The number of carbonyl (C=O) groups excluding carboxylic acids is 2. The summed E-state index contributed by atoms with van der Waals surface area (Å²) in [7, 11) is 0. The Morgan fingerprint density at radius 2 is 1.71 bits per heavy atom. The van der Waals surface area contributed by atoms with E-state index in [2.05, 4.69) is 10.6 Å². The standard InChI is InChI=1S/C21H24N2O4S/c24-18(15-10-4-6-11(7-5-10)16(15)21(26)27)23-20-17(19(25)22-12-8-9-12)13-2-1-3-14(13)28-20/h4,6,10-12,15-16H,1-3,5,7-9H2,(H,22,25)(H,23,24)(H,26,27)/t10-,11-,15+,16+/m0/s1. The van der Waals surface area contributed by atoms with Crippen LogP contribution in [-0.2, 0) is 22.4 Å². The van der Waals surface area contributed by atoms with Crippen LogP contribution in [0.3, 0.4) is 0 Å². The van der Waals surface area contributed by atoms with Crippen LogP contribution in [0.15, 0.2) is 12.2 Å². The van der Waals surface area contributed by atoms with E-state index in [0.717, 1.165) is 50.5 Å². The predicted octanol–water partition coefficient (Wildman–Crippen LogP) is 2.98. The van der Waals surface area contributed by atoms with Crippen molar-refractivity contribution < 1.29 is 19.5 Å². The number of aryl methyl sites for hydroxylation is 1. The van der Waals surface area contributed by atoms with E-state index < -0.39 is 17.8 Å². The average Bonchev–Trinajstić information content (AvgIpc) is 3.26. The van der Waals surface area contributed by atoms with Crippen molar-refractivity contribution in [2.45, 2.75) is 51.0 Å². The van der Waals surface area contributed by atoms with Gasteiger partial charge in [0.2, 0.25) is 5.91 Å². The third-order valence-corrected chi connectivity index (χ3v) is 7.84. The number of aliphatic carboxylic acids is 1. The average molecular weight is 401 g/mol. The molecule has 2 saturated carbocycles. The molecule has 5 aliphatic carbocycles. The molecule has 2 bridgehead atoms. The van der Waals surface area contributed by atoms with Crippen LogP contribution in [0.4, 0.5) is 5.00 Å². The third kappa shape index (κ3) is 2.96. The Morgan fingerprint density at radius 3 is 2.36 bits per heavy atom. The highest BCUT2D eigenvalue weighted by Gasteiger charge is 2.48. The zero-order chi connectivity index (χ0) is 19.4. The summed E-state index contributed by atoms with van der Waals surface area (Å²) in [6, 6.07) is 0.253. The Bertz CT molecular complexity index is 885. The number of hydrogen-bond acceptors (Lipinski definition) is 4. The van der Waals surface area contributed by atoms with Crippen molar-refractivity contribution in [1.82, 2.24) is 5.32 Å². The number of carbonyl (C=O) groups is 3. The number of thiophene rings is 1. The van der Waals surface area contributed by atoms with E-state index in [1.807, 2.05) is 12.2 Å². The summed E-state index contributed by atoms with van der Waals surface area (Å²) in [5.41, 5.74) is 1.68. The van der Waals surface area contributed by atoms with Crippen molar-refractivity contribution in [3.05, 3.63) is 28.2 Å². The maximum Gasteiger partial charge on any atom is 0.307 e. The van der Waals surface area contributed by atoms with E-state index in [4.69, 9.17) is 0 Å². The maximum absolute atomic E-state index is 13.2. The molecule has 1 heterocycles. The van der Waals surface area contributed by atoms with E-state index >= 15 is 0 Å². The molecule has 6 nitrogen and oxygen atoms in total. The molecule has 1 aromatic heterocycles. The van der Waals surface area contributed by atoms with Crippen LogP contribution < -0.4 is 10.6 Å². The number of hydrogen-bond donors (Lipinski definition) is 3. The minimum atomic E-state index is -0.903. The highest BCUT2D eigenvalue weighted by atomic mass is 32.1. The Hall–Kier alpha value is -2.15. The monoisotopic (exact) mass is 400 g/mol. The lowest BCUT2D eigenvalue weighted by molar-refractivity contribution is -0.151. The Balaban J connectivity index is 1.43. The predicted molar refractivity (Wildman–Crippen MR) is 105 cm³/mol. The highest BCUT2D eigenvalue weighted by Crippen LogP contribution is 2.46. The van der Waals surface area contributed by atoms with Crippen LogP contribution in [0.25, 0.3) is 0 Å². The molecule has 2 fully saturated rings. The molecule has 1 aromatic rings. The smallest absolute Gasteiger partial charge is 0.307 e. The molecule has 0 spiro atoms. The summed E-state index contributed by atoms with van der Waals surface area (Å²) in [6.45, 7) is 0. The number of fused-ring (bicyclic) bond motifs is 3. The number of amides is 2. The first-order chi connectivity index (χ1) is 13.5. The number of anilines is 1. The number of carboxylic acid groups (broad SMARTS) is 1. The van der Waals surface area contributed by atoms with E-state index in [1.165, 1.54) is 16.2 Å². The number of rotatable bonds is 5. The second kappa shape index (κ2) is 6.72. The lowest BCUT2D eigenvalue weighted by Crippen LogP contribution is -2.47. The number of allylic oxidation sites excluding steroid dienone is 2. The van der Waals surface area contributed by atoms with Gasteiger partial charge in [-0.2, -0.15) is 0 Å². The van der Waals surface area contributed by atoms with E-state index in [9.17, 15) is 19.5 Å². The molecule has 0 saturated heterocycles. The van der Waals surface area contributed by atoms with Gasteiger partial charge in [0.25, 0.3) is 5.91 Å². The quantitative estimate of drug-likeness (QED) is 0.662. The number of carboxylic acids is 1. The fraction of sp³-hybridized carbons (Fsp3) is 0.571. The van der Waals surface area contributed by atoms with Gasteiger partial charge in [0.05, 0.1) is 17.4 Å². The van der Waals surface area contributed by atoms with E-state index in [1.54, 1.807) is 0 Å². The maximum atomic E-state index is 13.2. The van der Waals surface area contributed by atoms with E-state index in [0.29, 0.717) is 10.6 Å². The summed E-state index contributed by atoms with van der Waals surface area (Å²) in [6.07, 6.45) is 10.5. The fourth-order valence-electron chi connectivity index (χ4n) is 5.10. The number of nitrogens with one attached hydrogen (secondary N) is 2. The molecule has 0 aromatic carbocycles. The van der Waals surface area contributed by atoms with Gasteiger partial charge in [0.15, 0.2) is 0 Å². The molecule has 0 aliphatic heterocycles. The highest BCUT2D eigenvalue weighted by molar-refractivity contribution is 7.17. The summed E-state index contributed by atoms with van der Waals surface area (Å²) in [4.78, 5) is 39.0. The van der Waals surface area contributed by atoms with Gasteiger partial charge in [-0.3, -0.25) is 14.4 Å². The topological polar surface area (TPSA) is 95.5 Å². The minimum absolute atomic E-state index is 0.0401. The first kappa shape index (κ1) is 17.9. The van der Waals surface area contributed by atoms with Crippen molar-refractivity contribution in [3.63, 3.8) is 0 Å². The van der Waals surface area contributed by atoms with Crippen LogP contribution in [0.1, 0.15) is 52.9 Å². The van der Waals surface area contributed by atoms with Crippen molar-refractivity contribution >= 4 is 34.1 Å². The largest absolute Gasteiger partial charge is 0.481 e. The van der Waals surface area contributed by atoms with Gasteiger partial charge < -0.3 is 15.7 Å². The zero-order valence-electron chi connectivity index (χ0n) is 15.6. The Labute approximate surface area is 167 Å². The normalized spacial score (nSPS) is 30.1. The van der Waals surface area contributed by atoms with Crippen molar-refractivity contribution in [2.75, 3.05) is 5.32 Å². The minimum Gasteiger partial charge on any atom is -0.481 e. The second-order valence-electron chi connectivity index (χ2n) is 8.48. The Morgan fingerprint density at radius 1 is 1.00 bits per heavy atom. The second-order valence-corrected chi connectivity index (χ2v) is 9.58. The molecule has 6 rings (SSSR count). The van der Waals surface area contributed by atoms with Gasteiger partial charge in [0.1, 0.15) is 5.00 Å². The summed E-state index contributed by atoms with van der Waals surface area (Å²) < 4.78 is 0. The molecule has 4 atom stereocenters. The van der Waals surface area contributed by atoms with Crippen molar-refractivity contribution in [2.24, 2.45) is 23.7 Å². The van der Waals surface area contributed by atoms with Gasteiger partial charge in [-0.05, 0) is 62.3 Å². The van der Waals surface area contributed by atoms with Gasteiger partial charge in [-0.25, -0.2) is 0 Å². The lowest BCUT2D eigenvalue weighted by Gasteiger charge is -2.41. The third-order valence-electron chi connectivity index (χ3n) is 6.63. The SMILES string of the molecule is O=C(NC1CC1)c1c(NC(=O)[C@H]2[C@H](C(=O)O)[C@H]3C=C[C@H]2CC3)sc2c1CCC2. The zero-order valence-corrected chi connectivity index (χ0v) is 16.4. The molecule has 2 amide bonds. The van der Waals surface area contributed by atoms with Crippen LogP contribution in [0.2, 0.25) is 0 Å². The molecule has 3 N–H and O–H groups in total. The molecule has 0 unspecified atom stereocenters. The van der Waals surface area contributed by atoms with E-state index in [-0.39, 0.29) is 29.7 Å². The van der Waals surface area contributed by atoms with Crippen molar-refractivity contribution in [1.29, 1.82) is 0 Å². The molecule has 148 valence electrons. The van der Waals surface area contributed by atoms with Crippen molar-refractivity contribution in [3.8, 4) is 0 Å².